The van der Waals surface area contributed by atoms with Gasteiger partial charge in [-0.1, -0.05) is 13.8 Å². The molecule has 1 heterocycles. The fourth-order valence-corrected chi connectivity index (χ4v) is 2.89. The van der Waals surface area contributed by atoms with E-state index in [1.54, 1.807) is 0 Å². The van der Waals surface area contributed by atoms with Gasteiger partial charge in [-0.25, -0.2) is 0 Å². The lowest BCUT2D eigenvalue weighted by molar-refractivity contribution is 0.293. The van der Waals surface area contributed by atoms with Gasteiger partial charge in [-0.2, -0.15) is 5.26 Å². The van der Waals surface area contributed by atoms with Gasteiger partial charge in [-0.15, -0.1) is 0 Å². The fraction of sp³-hybridized carbons (Fsp3) is 0.500. The number of benzene rings is 1. The Morgan fingerprint density at radius 3 is 2.76 bits per heavy atom. The second-order valence-electron chi connectivity index (χ2n) is 5.47. The van der Waals surface area contributed by atoms with E-state index < -0.39 is 0 Å². The zero-order valence-electron chi connectivity index (χ0n) is 10.3. The van der Waals surface area contributed by atoms with Crippen LogP contribution in [-0.4, -0.2) is 13.1 Å². The SMILES string of the molecule is CC1(C)CCCN(c2ccc(C#N)c(Br)c2)C1. The van der Waals surface area contributed by atoms with E-state index in [0.29, 0.717) is 11.0 Å². The Hall–Kier alpha value is -1.01. The first-order chi connectivity index (χ1) is 8.02. The van der Waals surface area contributed by atoms with Gasteiger partial charge in [0.1, 0.15) is 6.07 Å². The number of halogens is 1. The summed E-state index contributed by atoms with van der Waals surface area (Å²) in [5, 5.41) is 8.91. The first-order valence-electron chi connectivity index (χ1n) is 5.96. The van der Waals surface area contributed by atoms with E-state index in [4.69, 9.17) is 5.26 Å². The Morgan fingerprint density at radius 1 is 1.41 bits per heavy atom. The summed E-state index contributed by atoms with van der Waals surface area (Å²) >= 11 is 3.45. The molecule has 0 N–H and O–H groups in total. The Bertz CT molecular complexity index is 460. The van der Waals surface area contributed by atoms with Crippen LogP contribution in [0.2, 0.25) is 0 Å². The van der Waals surface area contributed by atoms with Gasteiger partial charge in [0.25, 0.3) is 0 Å². The number of nitrogens with zero attached hydrogens (tertiary/aromatic N) is 2. The summed E-state index contributed by atoms with van der Waals surface area (Å²) in [6.07, 6.45) is 2.53. The summed E-state index contributed by atoms with van der Waals surface area (Å²) in [7, 11) is 0. The number of rotatable bonds is 1. The minimum Gasteiger partial charge on any atom is -0.371 e. The molecule has 1 saturated heterocycles. The highest BCUT2D eigenvalue weighted by molar-refractivity contribution is 9.10. The third kappa shape index (κ3) is 2.81. The average Bonchev–Trinajstić information content (AvgIpc) is 2.27. The van der Waals surface area contributed by atoms with E-state index >= 15 is 0 Å². The summed E-state index contributed by atoms with van der Waals surface area (Å²) < 4.78 is 0.890. The van der Waals surface area contributed by atoms with Gasteiger partial charge in [0.05, 0.1) is 5.56 Å². The van der Waals surface area contributed by atoms with Crippen molar-refractivity contribution in [2.75, 3.05) is 18.0 Å². The zero-order valence-corrected chi connectivity index (χ0v) is 11.9. The highest BCUT2D eigenvalue weighted by atomic mass is 79.9. The van der Waals surface area contributed by atoms with Crippen molar-refractivity contribution in [3.05, 3.63) is 28.2 Å². The second kappa shape index (κ2) is 4.70. The molecule has 0 aliphatic carbocycles. The minimum atomic E-state index is 0.388. The Balaban J connectivity index is 2.23. The van der Waals surface area contributed by atoms with Gasteiger partial charge in [0.15, 0.2) is 0 Å². The molecule has 1 fully saturated rings. The van der Waals surface area contributed by atoms with Gasteiger partial charge in [-0.05, 0) is 52.4 Å². The molecule has 1 aromatic carbocycles. The molecule has 0 amide bonds. The molecule has 0 unspecified atom stereocenters. The largest absolute Gasteiger partial charge is 0.371 e. The van der Waals surface area contributed by atoms with Gasteiger partial charge in [0.2, 0.25) is 0 Å². The quantitative estimate of drug-likeness (QED) is 0.784. The molecule has 2 rings (SSSR count). The van der Waals surface area contributed by atoms with Gasteiger partial charge in [-0.3, -0.25) is 0 Å². The van der Waals surface area contributed by atoms with Gasteiger partial charge in [0, 0.05) is 23.2 Å². The Morgan fingerprint density at radius 2 is 2.18 bits per heavy atom. The van der Waals surface area contributed by atoms with Crippen molar-refractivity contribution >= 4 is 21.6 Å². The van der Waals surface area contributed by atoms with Crippen molar-refractivity contribution in [1.82, 2.24) is 0 Å². The van der Waals surface area contributed by atoms with Crippen LogP contribution in [0.15, 0.2) is 22.7 Å². The van der Waals surface area contributed by atoms with Crippen molar-refractivity contribution in [2.45, 2.75) is 26.7 Å². The molecule has 1 aliphatic heterocycles. The molecule has 1 aliphatic rings. The maximum atomic E-state index is 8.91. The lowest BCUT2D eigenvalue weighted by Gasteiger charge is -2.39. The van der Waals surface area contributed by atoms with Gasteiger partial charge >= 0.3 is 0 Å². The molecule has 2 nitrogen and oxygen atoms in total. The minimum absolute atomic E-state index is 0.388. The molecule has 0 saturated carbocycles. The summed E-state index contributed by atoms with van der Waals surface area (Å²) in [5.74, 6) is 0. The van der Waals surface area contributed by atoms with E-state index in [2.05, 4.69) is 46.8 Å². The summed E-state index contributed by atoms with van der Waals surface area (Å²) in [6.45, 7) is 6.84. The predicted molar refractivity (Wildman–Crippen MR) is 74.1 cm³/mol. The molecule has 0 bridgehead atoms. The van der Waals surface area contributed by atoms with Gasteiger partial charge < -0.3 is 4.90 Å². The van der Waals surface area contributed by atoms with Crippen LogP contribution in [0.25, 0.3) is 0 Å². The van der Waals surface area contributed by atoms with Crippen LogP contribution in [0.1, 0.15) is 32.3 Å². The average molecular weight is 293 g/mol. The number of nitriles is 1. The van der Waals surface area contributed by atoms with Crippen molar-refractivity contribution in [3.8, 4) is 6.07 Å². The third-order valence-electron chi connectivity index (χ3n) is 3.34. The van der Waals surface area contributed by atoms with Crippen LogP contribution in [0, 0.1) is 16.7 Å². The molecular weight excluding hydrogens is 276 g/mol. The Kier molecular flexibility index (Phi) is 3.44. The molecule has 90 valence electrons. The van der Waals surface area contributed by atoms with E-state index in [1.807, 2.05) is 12.1 Å². The molecule has 0 radical (unpaired) electrons. The first-order valence-corrected chi connectivity index (χ1v) is 6.76. The van der Waals surface area contributed by atoms with Crippen LogP contribution >= 0.6 is 15.9 Å². The fourth-order valence-electron chi connectivity index (χ4n) is 2.44. The highest BCUT2D eigenvalue weighted by Crippen LogP contribution is 2.33. The molecule has 0 aromatic heterocycles. The van der Waals surface area contributed by atoms with Crippen LogP contribution in [0.4, 0.5) is 5.69 Å². The number of hydrogen-bond acceptors (Lipinski definition) is 2. The lowest BCUT2D eigenvalue weighted by Crippen LogP contribution is -2.40. The lowest BCUT2D eigenvalue weighted by atomic mass is 9.84. The highest BCUT2D eigenvalue weighted by Gasteiger charge is 2.26. The summed E-state index contributed by atoms with van der Waals surface area (Å²) in [6, 6.07) is 8.17. The van der Waals surface area contributed by atoms with Crippen molar-refractivity contribution in [1.29, 1.82) is 5.26 Å². The molecule has 0 spiro atoms. The van der Waals surface area contributed by atoms with Crippen LogP contribution < -0.4 is 4.90 Å². The van der Waals surface area contributed by atoms with Crippen molar-refractivity contribution in [3.63, 3.8) is 0 Å². The third-order valence-corrected chi connectivity index (χ3v) is 3.99. The van der Waals surface area contributed by atoms with Crippen LogP contribution in [0.5, 0.6) is 0 Å². The molecule has 1 aromatic rings. The molecule has 3 heteroatoms. The number of hydrogen-bond donors (Lipinski definition) is 0. The normalized spacial score (nSPS) is 18.8. The van der Waals surface area contributed by atoms with Crippen LogP contribution in [-0.2, 0) is 0 Å². The molecule has 0 atom stereocenters. The standard InChI is InChI=1S/C14H17BrN2/c1-14(2)6-3-7-17(10-14)12-5-4-11(9-16)13(15)8-12/h4-5,8H,3,6-7,10H2,1-2H3. The van der Waals surface area contributed by atoms with Crippen molar-refractivity contribution in [2.24, 2.45) is 5.41 Å². The second-order valence-corrected chi connectivity index (χ2v) is 6.32. The predicted octanol–water partition coefficient (Wildman–Crippen LogP) is 3.95. The topological polar surface area (TPSA) is 27.0 Å². The van der Waals surface area contributed by atoms with E-state index in [9.17, 15) is 0 Å². The Labute approximate surface area is 111 Å². The zero-order chi connectivity index (χ0) is 12.5. The molecule has 17 heavy (non-hydrogen) atoms. The van der Waals surface area contributed by atoms with E-state index in [1.165, 1.54) is 18.5 Å². The van der Waals surface area contributed by atoms with E-state index in [-0.39, 0.29) is 0 Å². The maximum Gasteiger partial charge on any atom is 0.100 e. The maximum absolute atomic E-state index is 8.91. The first kappa shape index (κ1) is 12.4. The summed E-state index contributed by atoms with van der Waals surface area (Å²) in [4.78, 5) is 2.41. The van der Waals surface area contributed by atoms with E-state index in [0.717, 1.165) is 17.6 Å². The number of piperidine rings is 1. The van der Waals surface area contributed by atoms with Crippen molar-refractivity contribution < 1.29 is 0 Å². The van der Waals surface area contributed by atoms with Crippen LogP contribution in [0.3, 0.4) is 0 Å². The monoisotopic (exact) mass is 292 g/mol. The smallest absolute Gasteiger partial charge is 0.100 e. The molecular formula is C14H17BrN2. The summed E-state index contributed by atoms with van der Waals surface area (Å²) in [5.41, 5.74) is 2.30. The number of anilines is 1.